The summed E-state index contributed by atoms with van der Waals surface area (Å²) in [7, 11) is 0. The van der Waals surface area contributed by atoms with Crippen molar-refractivity contribution in [2.24, 2.45) is 0 Å². The number of carbonyl (C=O) groups is 1. The van der Waals surface area contributed by atoms with Crippen LogP contribution in [0.15, 0.2) is 39.5 Å². The Morgan fingerprint density at radius 3 is 2.61 bits per heavy atom. The summed E-state index contributed by atoms with van der Waals surface area (Å²) in [6.45, 7) is 5.65. The Labute approximate surface area is 198 Å². The lowest BCUT2D eigenvalue weighted by Crippen LogP contribution is -2.25. The third-order valence-corrected chi connectivity index (χ3v) is 6.54. The molecule has 0 aliphatic carbocycles. The molecular formula is C25H33N3O4S. The molecule has 0 unspecified atom stereocenters. The van der Waals surface area contributed by atoms with Gasteiger partial charge in [-0.2, -0.15) is 4.98 Å². The first-order valence-corrected chi connectivity index (χ1v) is 12.6. The zero-order chi connectivity index (χ0) is 23.5. The third kappa shape index (κ3) is 7.32. The van der Waals surface area contributed by atoms with Crippen LogP contribution < -0.4 is 21.0 Å². The van der Waals surface area contributed by atoms with Crippen LogP contribution in [-0.4, -0.2) is 30.6 Å². The van der Waals surface area contributed by atoms with Crippen LogP contribution in [-0.2, 0) is 0 Å². The summed E-state index contributed by atoms with van der Waals surface area (Å²) in [4.78, 5) is 30.6. The number of hydrogen-bond donors (Lipinski definition) is 2. The summed E-state index contributed by atoms with van der Waals surface area (Å²) in [5.41, 5.74) is 0.145. The first-order chi connectivity index (χ1) is 16.1. The molecule has 0 aliphatic rings. The molecule has 178 valence electrons. The maximum atomic E-state index is 12.7. The zero-order valence-electron chi connectivity index (χ0n) is 19.4. The lowest BCUT2D eigenvalue weighted by atomic mass is 10.1. The largest absolute Gasteiger partial charge is 0.494 e. The Morgan fingerprint density at radius 2 is 1.82 bits per heavy atom. The number of amides is 1. The van der Waals surface area contributed by atoms with Crippen LogP contribution in [0.4, 0.5) is 6.01 Å². The van der Waals surface area contributed by atoms with Gasteiger partial charge in [0.15, 0.2) is 0 Å². The van der Waals surface area contributed by atoms with Crippen molar-refractivity contribution in [2.75, 3.05) is 25.0 Å². The van der Waals surface area contributed by atoms with Crippen molar-refractivity contribution in [2.45, 2.75) is 58.8 Å². The van der Waals surface area contributed by atoms with Crippen molar-refractivity contribution < 1.29 is 13.9 Å². The van der Waals surface area contributed by atoms with Gasteiger partial charge in [-0.1, -0.05) is 57.2 Å². The quantitative estimate of drug-likeness (QED) is 0.300. The minimum absolute atomic E-state index is 0.212. The van der Waals surface area contributed by atoms with Crippen molar-refractivity contribution >= 4 is 33.5 Å². The number of carbonyl (C=O) groups excluding carboxylic acids is 1. The number of para-hydroxylation sites is 1. The Morgan fingerprint density at radius 1 is 1.06 bits per heavy atom. The molecule has 0 saturated heterocycles. The number of aryl methyl sites for hydroxylation is 1. The Kier molecular flexibility index (Phi) is 9.75. The van der Waals surface area contributed by atoms with E-state index in [2.05, 4.69) is 22.5 Å². The number of fused-ring (bicyclic) bond motifs is 1. The van der Waals surface area contributed by atoms with Crippen LogP contribution in [0, 0.1) is 6.92 Å². The van der Waals surface area contributed by atoms with Gasteiger partial charge in [-0.25, -0.2) is 4.79 Å². The number of benzene rings is 1. The summed E-state index contributed by atoms with van der Waals surface area (Å²) in [5.74, 6) is 0.596. The summed E-state index contributed by atoms with van der Waals surface area (Å²) < 4.78 is 11.0. The molecule has 0 aliphatic heterocycles. The van der Waals surface area contributed by atoms with Gasteiger partial charge in [-0.05, 0) is 37.5 Å². The van der Waals surface area contributed by atoms with E-state index in [9.17, 15) is 9.59 Å². The highest BCUT2D eigenvalue weighted by atomic mass is 32.1. The molecule has 0 spiro atoms. The fourth-order valence-electron chi connectivity index (χ4n) is 3.53. The highest BCUT2D eigenvalue weighted by Gasteiger charge is 2.20. The van der Waals surface area contributed by atoms with Crippen molar-refractivity contribution in [1.29, 1.82) is 0 Å². The standard InChI is InChI=1S/C25H33N3O4S/c1-3-4-5-6-7-11-15-27-25-28-23-20(24(30)32-25)18(2)21(33-23)22(29)26-16-12-17-31-19-13-9-8-10-14-19/h8-10,13-14H,3-7,11-12,15-17H2,1-2H3,(H,26,29)(H,27,28). The van der Waals surface area contributed by atoms with Crippen LogP contribution in [0.5, 0.6) is 5.75 Å². The highest BCUT2D eigenvalue weighted by Crippen LogP contribution is 2.28. The Bertz CT molecular complexity index is 1080. The fourth-order valence-corrected chi connectivity index (χ4v) is 4.61. The average molecular weight is 472 g/mol. The van der Waals surface area contributed by atoms with E-state index < -0.39 is 5.63 Å². The molecule has 0 bridgehead atoms. The SMILES string of the molecule is CCCCCCCCNc1nc2sc(C(=O)NCCCOc3ccccc3)c(C)c2c(=O)o1. The molecule has 3 rings (SSSR count). The van der Waals surface area contributed by atoms with Gasteiger partial charge in [0.05, 0.1) is 11.5 Å². The lowest BCUT2D eigenvalue weighted by molar-refractivity contribution is 0.0955. The van der Waals surface area contributed by atoms with Crippen molar-refractivity contribution in [3.05, 3.63) is 51.2 Å². The van der Waals surface area contributed by atoms with Crippen molar-refractivity contribution in [3.63, 3.8) is 0 Å². The number of hydrogen-bond acceptors (Lipinski definition) is 7. The highest BCUT2D eigenvalue weighted by molar-refractivity contribution is 7.20. The van der Waals surface area contributed by atoms with Crippen LogP contribution in [0.3, 0.4) is 0 Å². The van der Waals surface area contributed by atoms with E-state index in [1.807, 2.05) is 30.3 Å². The van der Waals surface area contributed by atoms with Gasteiger partial charge in [0, 0.05) is 13.1 Å². The predicted molar refractivity (Wildman–Crippen MR) is 134 cm³/mol. The second-order valence-corrected chi connectivity index (χ2v) is 9.01. The summed E-state index contributed by atoms with van der Waals surface area (Å²) >= 11 is 1.22. The second-order valence-electron chi connectivity index (χ2n) is 8.01. The number of unbranched alkanes of at least 4 members (excludes halogenated alkanes) is 5. The average Bonchev–Trinajstić information content (AvgIpc) is 3.15. The van der Waals surface area contributed by atoms with Crippen molar-refractivity contribution in [1.82, 2.24) is 10.3 Å². The van der Waals surface area contributed by atoms with Crippen molar-refractivity contribution in [3.8, 4) is 5.75 Å². The molecule has 7 nitrogen and oxygen atoms in total. The van der Waals surface area contributed by atoms with Gasteiger partial charge in [0.2, 0.25) is 0 Å². The molecule has 33 heavy (non-hydrogen) atoms. The van der Waals surface area contributed by atoms with E-state index >= 15 is 0 Å². The number of thiophene rings is 1. The first-order valence-electron chi connectivity index (χ1n) is 11.7. The summed E-state index contributed by atoms with van der Waals surface area (Å²) in [6.07, 6.45) is 7.79. The normalized spacial score (nSPS) is 11.0. The molecule has 0 atom stereocenters. The summed E-state index contributed by atoms with van der Waals surface area (Å²) in [5, 5.41) is 6.38. The van der Waals surface area contributed by atoms with Gasteiger partial charge in [0.1, 0.15) is 16.0 Å². The predicted octanol–water partition coefficient (Wildman–Crippen LogP) is 5.53. The van der Waals surface area contributed by atoms with Crippen LogP contribution >= 0.6 is 11.3 Å². The third-order valence-electron chi connectivity index (χ3n) is 5.36. The number of aromatic nitrogens is 1. The Balaban J connectivity index is 1.50. The second kappa shape index (κ2) is 13.0. The molecule has 2 aromatic heterocycles. The molecule has 0 saturated carbocycles. The molecule has 8 heteroatoms. The number of nitrogens with zero attached hydrogens (tertiary/aromatic N) is 1. The number of rotatable bonds is 14. The molecule has 2 heterocycles. The molecule has 2 N–H and O–H groups in total. The van der Waals surface area contributed by atoms with E-state index in [1.165, 1.54) is 37.0 Å². The van der Waals surface area contributed by atoms with E-state index in [0.717, 1.165) is 18.6 Å². The van der Waals surface area contributed by atoms with Gasteiger partial charge in [-0.3, -0.25) is 4.79 Å². The van der Waals surface area contributed by atoms with Crippen LogP contribution in [0.2, 0.25) is 0 Å². The topological polar surface area (TPSA) is 93.5 Å². The van der Waals surface area contributed by atoms with Gasteiger partial charge < -0.3 is 19.8 Å². The Hall–Kier alpha value is -2.87. The van der Waals surface area contributed by atoms with Crippen LogP contribution in [0.1, 0.15) is 67.1 Å². The maximum Gasteiger partial charge on any atom is 0.349 e. The smallest absolute Gasteiger partial charge is 0.349 e. The van der Waals surface area contributed by atoms with E-state index in [0.29, 0.717) is 46.8 Å². The first kappa shape index (κ1) is 24.8. The fraction of sp³-hybridized carbons (Fsp3) is 0.480. The minimum atomic E-state index is -0.463. The van der Waals surface area contributed by atoms with Gasteiger partial charge in [-0.15, -0.1) is 11.3 Å². The lowest BCUT2D eigenvalue weighted by Gasteiger charge is -2.07. The van der Waals surface area contributed by atoms with Gasteiger partial charge >= 0.3 is 5.63 Å². The molecule has 3 aromatic rings. The van der Waals surface area contributed by atoms with E-state index in [1.54, 1.807) is 6.92 Å². The molecular weight excluding hydrogens is 438 g/mol. The monoisotopic (exact) mass is 471 g/mol. The summed E-state index contributed by atoms with van der Waals surface area (Å²) in [6, 6.07) is 9.78. The molecule has 1 aromatic carbocycles. The van der Waals surface area contributed by atoms with E-state index in [4.69, 9.17) is 9.15 Å². The molecule has 0 radical (unpaired) electrons. The van der Waals surface area contributed by atoms with Crippen LogP contribution in [0.25, 0.3) is 10.2 Å². The zero-order valence-corrected chi connectivity index (χ0v) is 20.3. The minimum Gasteiger partial charge on any atom is -0.494 e. The number of ether oxygens (including phenoxy) is 1. The molecule has 0 fully saturated rings. The number of anilines is 1. The maximum absolute atomic E-state index is 12.7. The van der Waals surface area contributed by atoms with E-state index in [-0.39, 0.29) is 11.9 Å². The number of nitrogens with one attached hydrogen (secondary N) is 2. The van der Waals surface area contributed by atoms with Gasteiger partial charge in [0.25, 0.3) is 11.9 Å². The molecule has 1 amide bonds.